The van der Waals surface area contributed by atoms with E-state index in [-0.39, 0.29) is 5.92 Å². The van der Waals surface area contributed by atoms with Crippen molar-refractivity contribution in [1.29, 1.82) is 0 Å². The van der Waals surface area contributed by atoms with E-state index in [9.17, 15) is 4.79 Å². The first-order chi connectivity index (χ1) is 11.3. The highest BCUT2D eigenvalue weighted by atomic mass is 16.2. The summed E-state index contributed by atoms with van der Waals surface area (Å²) in [5.74, 6) is 1.23. The van der Waals surface area contributed by atoms with Gasteiger partial charge in [0.25, 0.3) is 0 Å². The molecule has 6 nitrogen and oxygen atoms in total. The number of rotatable bonds is 3. The van der Waals surface area contributed by atoms with Crippen LogP contribution in [0.2, 0.25) is 0 Å². The Morgan fingerprint density at radius 2 is 2.00 bits per heavy atom. The zero-order chi connectivity index (χ0) is 15.6. The summed E-state index contributed by atoms with van der Waals surface area (Å²) in [6, 6.07) is 0. The van der Waals surface area contributed by atoms with Crippen molar-refractivity contribution in [3.05, 3.63) is 18.1 Å². The molecule has 1 aliphatic carbocycles. The first kappa shape index (κ1) is 14.6. The van der Waals surface area contributed by atoms with Crippen molar-refractivity contribution >= 4 is 17.1 Å². The lowest BCUT2D eigenvalue weighted by Crippen LogP contribution is -2.39. The molecule has 2 aromatic heterocycles. The number of piperidine rings is 1. The Morgan fingerprint density at radius 1 is 1.17 bits per heavy atom. The van der Waals surface area contributed by atoms with Crippen LogP contribution in [0.1, 0.15) is 56.6 Å². The van der Waals surface area contributed by atoms with E-state index < -0.39 is 0 Å². The Morgan fingerprint density at radius 3 is 2.87 bits per heavy atom. The van der Waals surface area contributed by atoms with Crippen LogP contribution in [0.4, 0.5) is 0 Å². The Labute approximate surface area is 135 Å². The molecule has 2 aliphatic rings. The molecule has 0 spiro atoms. The van der Waals surface area contributed by atoms with Gasteiger partial charge in [-0.15, -0.1) is 0 Å². The van der Waals surface area contributed by atoms with Crippen LogP contribution in [0, 0.1) is 5.92 Å². The summed E-state index contributed by atoms with van der Waals surface area (Å²) in [6.07, 6.45) is 11.2. The molecule has 1 aliphatic heterocycles. The minimum Gasteiger partial charge on any atom is -0.342 e. The lowest BCUT2D eigenvalue weighted by molar-refractivity contribution is -0.133. The average molecular weight is 313 g/mol. The summed E-state index contributed by atoms with van der Waals surface area (Å²) < 4.78 is 0. The van der Waals surface area contributed by atoms with Gasteiger partial charge in [0.1, 0.15) is 5.52 Å². The van der Waals surface area contributed by atoms with Gasteiger partial charge in [-0.3, -0.25) is 9.89 Å². The van der Waals surface area contributed by atoms with E-state index in [1.54, 1.807) is 12.4 Å². The van der Waals surface area contributed by atoms with E-state index in [2.05, 4.69) is 25.1 Å². The molecule has 1 amide bonds. The van der Waals surface area contributed by atoms with Crippen molar-refractivity contribution < 1.29 is 4.79 Å². The third kappa shape index (κ3) is 2.94. The summed E-state index contributed by atoms with van der Waals surface area (Å²) in [4.78, 5) is 23.3. The monoisotopic (exact) mass is 313 g/mol. The molecule has 0 aromatic carbocycles. The van der Waals surface area contributed by atoms with E-state index in [1.807, 2.05) is 0 Å². The van der Waals surface area contributed by atoms with Crippen molar-refractivity contribution in [1.82, 2.24) is 25.1 Å². The van der Waals surface area contributed by atoms with Crippen LogP contribution in [0.5, 0.6) is 0 Å². The predicted molar refractivity (Wildman–Crippen MR) is 86.8 cm³/mol. The molecule has 0 radical (unpaired) electrons. The van der Waals surface area contributed by atoms with Gasteiger partial charge in [0.05, 0.1) is 5.69 Å². The molecule has 3 heterocycles. The van der Waals surface area contributed by atoms with E-state index in [0.717, 1.165) is 43.6 Å². The Kier molecular flexibility index (Phi) is 3.97. The number of nitrogens with zero attached hydrogens (tertiary/aromatic N) is 4. The molecule has 4 rings (SSSR count). The number of hydrogen-bond acceptors (Lipinski definition) is 4. The molecular weight excluding hydrogens is 290 g/mol. The number of hydrogen-bond donors (Lipinski definition) is 1. The SMILES string of the molecule is O=C(CC1CCCC1)N1CCC[C@H](c2[nH]nc3nccnc23)C1. The van der Waals surface area contributed by atoms with Gasteiger partial charge in [0, 0.05) is 37.8 Å². The van der Waals surface area contributed by atoms with Crippen LogP contribution >= 0.6 is 0 Å². The summed E-state index contributed by atoms with van der Waals surface area (Å²) >= 11 is 0. The standard InChI is InChI=1S/C17H23N5O/c23-14(10-12-4-1-2-5-12)22-9-3-6-13(11-22)15-16-17(21-20-15)19-8-7-18-16/h7-8,12-13H,1-6,9-11H2,(H,19,20,21)/t13-/m0/s1. The number of amides is 1. The second-order valence-electron chi connectivity index (χ2n) is 6.90. The van der Waals surface area contributed by atoms with Gasteiger partial charge in [0.2, 0.25) is 5.91 Å². The van der Waals surface area contributed by atoms with E-state index in [1.165, 1.54) is 25.7 Å². The van der Waals surface area contributed by atoms with Gasteiger partial charge in [-0.25, -0.2) is 9.97 Å². The topological polar surface area (TPSA) is 74.8 Å². The third-order valence-electron chi connectivity index (χ3n) is 5.34. The number of carbonyl (C=O) groups is 1. The minimum atomic E-state index is 0.290. The molecule has 1 N–H and O–H groups in total. The number of likely N-dealkylation sites (tertiary alicyclic amines) is 1. The van der Waals surface area contributed by atoms with Gasteiger partial charge in [-0.2, -0.15) is 5.10 Å². The van der Waals surface area contributed by atoms with Crippen LogP contribution < -0.4 is 0 Å². The molecule has 1 atom stereocenters. The van der Waals surface area contributed by atoms with Crippen LogP contribution in [-0.2, 0) is 4.79 Å². The second kappa shape index (κ2) is 6.26. The van der Waals surface area contributed by atoms with E-state index >= 15 is 0 Å². The van der Waals surface area contributed by atoms with Crippen LogP contribution in [0.3, 0.4) is 0 Å². The molecule has 0 unspecified atom stereocenters. The fraction of sp³-hybridized carbons (Fsp3) is 0.647. The number of nitrogens with one attached hydrogen (secondary N) is 1. The molecule has 1 saturated carbocycles. The zero-order valence-electron chi connectivity index (χ0n) is 13.4. The summed E-state index contributed by atoms with van der Waals surface area (Å²) in [6.45, 7) is 1.67. The maximum absolute atomic E-state index is 12.6. The Bertz CT molecular complexity index is 691. The fourth-order valence-corrected chi connectivity index (χ4v) is 4.08. The second-order valence-corrected chi connectivity index (χ2v) is 6.90. The average Bonchev–Trinajstić information content (AvgIpc) is 3.24. The molecule has 2 aromatic rings. The van der Waals surface area contributed by atoms with Gasteiger partial charge in [-0.1, -0.05) is 12.8 Å². The predicted octanol–water partition coefficient (Wildman–Crippen LogP) is 2.64. The van der Waals surface area contributed by atoms with Crippen LogP contribution in [0.15, 0.2) is 12.4 Å². The highest BCUT2D eigenvalue weighted by Gasteiger charge is 2.29. The molecule has 6 heteroatoms. The molecule has 0 bridgehead atoms. The number of aromatic amines is 1. The van der Waals surface area contributed by atoms with Crippen molar-refractivity contribution in [2.75, 3.05) is 13.1 Å². The zero-order valence-corrected chi connectivity index (χ0v) is 13.4. The van der Waals surface area contributed by atoms with Crippen molar-refractivity contribution in [3.63, 3.8) is 0 Å². The first-order valence-corrected chi connectivity index (χ1v) is 8.74. The fourth-order valence-electron chi connectivity index (χ4n) is 4.08. The highest BCUT2D eigenvalue weighted by molar-refractivity contribution is 5.77. The van der Waals surface area contributed by atoms with E-state index in [0.29, 0.717) is 17.5 Å². The van der Waals surface area contributed by atoms with Crippen molar-refractivity contribution in [2.24, 2.45) is 5.92 Å². The van der Waals surface area contributed by atoms with Gasteiger partial charge >= 0.3 is 0 Å². The number of carbonyl (C=O) groups excluding carboxylic acids is 1. The number of aromatic nitrogens is 4. The quantitative estimate of drug-likeness (QED) is 0.945. The summed E-state index contributed by atoms with van der Waals surface area (Å²) in [7, 11) is 0. The number of H-pyrrole nitrogens is 1. The third-order valence-corrected chi connectivity index (χ3v) is 5.34. The maximum Gasteiger partial charge on any atom is 0.222 e. The first-order valence-electron chi connectivity index (χ1n) is 8.74. The molecule has 1 saturated heterocycles. The van der Waals surface area contributed by atoms with Crippen molar-refractivity contribution in [3.8, 4) is 0 Å². The molecular formula is C17H23N5O. The highest BCUT2D eigenvalue weighted by Crippen LogP contribution is 2.31. The van der Waals surface area contributed by atoms with Gasteiger partial charge < -0.3 is 4.90 Å². The lowest BCUT2D eigenvalue weighted by atomic mass is 9.93. The van der Waals surface area contributed by atoms with Crippen LogP contribution in [0.25, 0.3) is 11.2 Å². The Balaban J connectivity index is 1.47. The van der Waals surface area contributed by atoms with E-state index in [4.69, 9.17) is 0 Å². The smallest absolute Gasteiger partial charge is 0.222 e. The van der Waals surface area contributed by atoms with Gasteiger partial charge in [-0.05, 0) is 31.6 Å². The van der Waals surface area contributed by atoms with Gasteiger partial charge in [0.15, 0.2) is 5.65 Å². The largest absolute Gasteiger partial charge is 0.342 e. The lowest BCUT2D eigenvalue weighted by Gasteiger charge is -2.33. The van der Waals surface area contributed by atoms with Crippen molar-refractivity contribution in [2.45, 2.75) is 50.9 Å². The molecule has 122 valence electrons. The molecule has 23 heavy (non-hydrogen) atoms. The number of fused-ring (bicyclic) bond motifs is 1. The minimum absolute atomic E-state index is 0.290. The Hall–Kier alpha value is -1.98. The molecule has 2 fully saturated rings. The van der Waals surface area contributed by atoms with Crippen LogP contribution in [-0.4, -0.2) is 44.1 Å². The maximum atomic E-state index is 12.6. The normalized spacial score (nSPS) is 22.8. The summed E-state index contributed by atoms with van der Waals surface area (Å²) in [5, 5.41) is 7.35. The summed E-state index contributed by atoms with van der Waals surface area (Å²) in [5.41, 5.74) is 2.55.